The summed E-state index contributed by atoms with van der Waals surface area (Å²) < 4.78 is 13.2. The third-order valence-corrected chi connectivity index (χ3v) is 2.36. The van der Waals surface area contributed by atoms with Gasteiger partial charge in [-0.3, -0.25) is 4.98 Å². The molecule has 0 spiro atoms. The Balaban J connectivity index is 2.11. The Kier molecular flexibility index (Phi) is 5.51. The van der Waals surface area contributed by atoms with Gasteiger partial charge in [0, 0.05) is 23.8 Å². The average Bonchev–Trinajstić information content (AvgIpc) is 2.24. The smallest absolute Gasteiger partial charge is 0.145 e. The zero-order chi connectivity index (χ0) is 12.7. The minimum absolute atomic E-state index is 0.164. The fourth-order valence-corrected chi connectivity index (χ4v) is 1.45. The maximum Gasteiger partial charge on any atom is 0.145 e. The van der Waals surface area contributed by atoms with Crippen LogP contribution in [0.25, 0.3) is 0 Å². The number of pyridine rings is 1. The Hall–Kier alpha value is -1.00. The number of nitrogens with zero attached hydrogens (tertiary/aromatic N) is 1. The molecule has 0 aliphatic heterocycles. The van der Waals surface area contributed by atoms with Crippen LogP contribution in [0, 0.1) is 5.82 Å². The van der Waals surface area contributed by atoms with Crippen molar-refractivity contribution in [1.82, 2.24) is 15.6 Å². The molecule has 17 heavy (non-hydrogen) atoms. The summed E-state index contributed by atoms with van der Waals surface area (Å²) in [5, 5.41) is 6.63. The van der Waals surface area contributed by atoms with Gasteiger partial charge in [0.25, 0.3) is 0 Å². The quantitative estimate of drug-likeness (QED) is 0.746. The number of hydrogen-bond acceptors (Lipinski definition) is 3. The van der Waals surface area contributed by atoms with Crippen LogP contribution < -0.4 is 10.6 Å². The standard InChI is InChI=1S/C13H22FN3/c1-13(2,3)17-7-4-6-15-9-11-5-8-16-10-12(11)14/h5,8,10,15,17H,4,6-7,9H2,1-3H3. The molecule has 0 aromatic carbocycles. The number of aromatic nitrogens is 1. The van der Waals surface area contributed by atoms with Crippen molar-refractivity contribution in [2.75, 3.05) is 13.1 Å². The van der Waals surface area contributed by atoms with E-state index < -0.39 is 0 Å². The van der Waals surface area contributed by atoms with Gasteiger partial charge in [-0.1, -0.05) is 0 Å². The summed E-state index contributed by atoms with van der Waals surface area (Å²) >= 11 is 0. The van der Waals surface area contributed by atoms with Gasteiger partial charge < -0.3 is 10.6 Å². The highest BCUT2D eigenvalue weighted by molar-refractivity contribution is 5.11. The second kappa shape index (κ2) is 6.67. The summed E-state index contributed by atoms with van der Waals surface area (Å²) in [5.41, 5.74) is 0.834. The third-order valence-electron chi connectivity index (χ3n) is 2.36. The predicted molar refractivity (Wildman–Crippen MR) is 68.3 cm³/mol. The second-order valence-electron chi connectivity index (χ2n) is 5.17. The lowest BCUT2D eigenvalue weighted by atomic mass is 10.1. The van der Waals surface area contributed by atoms with E-state index in [1.165, 1.54) is 6.20 Å². The van der Waals surface area contributed by atoms with Gasteiger partial charge in [-0.2, -0.15) is 0 Å². The summed E-state index contributed by atoms with van der Waals surface area (Å²) in [7, 11) is 0. The lowest BCUT2D eigenvalue weighted by Gasteiger charge is -2.20. The van der Waals surface area contributed by atoms with Crippen molar-refractivity contribution in [3.05, 3.63) is 29.8 Å². The predicted octanol–water partition coefficient (Wildman–Crippen LogP) is 2.09. The molecule has 2 N–H and O–H groups in total. The number of hydrogen-bond donors (Lipinski definition) is 2. The van der Waals surface area contributed by atoms with Gasteiger partial charge in [0.1, 0.15) is 5.82 Å². The number of nitrogens with one attached hydrogen (secondary N) is 2. The van der Waals surface area contributed by atoms with E-state index in [1.807, 2.05) is 0 Å². The van der Waals surface area contributed by atoms with E-state index in [1.54, 1.807) is 12.3 Å². The molecular formula is C13H22FN3. The molecule has 3 nitrogen and oxygen atoms in total. The normalized spacial score (nSPS) is 11.8. The van der Waals surface area contributed by atoms with Crippen molar-refractivity contribution < 1.29 is 4.39 Å². The van der Waals surface area contributed by atoms with E-state index in [-0.39, 0.29) is 11.4 Å². The molecule has 0 atom stereocenters. The van der Waals surface area contributed by atoms with Crippen molar-refractivity contribution >= 4 is 0 Å². The molecule has 96 valence electrons. The molecule has 4 heteroatoms. The summed E-state index contributed by atoms with van der Waals surface area (Å²) in [6, 6.07) is 1.70. The molecule has 1 heterocycles. The van der Waals surface area contributed by atoms with Crippen molar-refractivity contribution in [1.29, 1.82) is 0 Å². The maximum absolute atomic E-state index is 13.2. The molecule has 0 aliphatic rings. The second-order valence-corrected chi connectivity index (χ2v) is 5.17. The molecule has 1 rings (SSSR count). The number of halogens is 1. The first-order chi connectivity index (χ1) is 7.99. The molecule has 0 amide bonds. The summed E-state index contributed by atoms with van der Waals surface area (Å²) in [4.78, 5) is 3.72. The molecule has 0 bridgehead atoms. The molecule has 0 unspecified atom stereocenters. The van der Waals surface area contributed by atoms with Gasteiger partial charge in [-0.25, -0.2) is 4.39 Å². The topological polar surface area (TPSA) is 37.0 Å². The fraction of sp³-hybridized carbons (Fsp3) is 0.615. The van der Waals surface area contributed by atoms with Gasteiger partial charge in [-0.15, -0.1) is 0 Å². The molecule has 0 saturated carbocycles. The largest absolute Gasteiger partial charge is 0.313 e. The zero-order valence-corrected chi connectivity index (χ0v) is 10.9. The molecule has 0 fully saturated rings. The molecular weight excluding hydrogens is 217 g/mol. The number of rotatable bonds is 6. The third kappa shape index (κ3) is 6.34. The van der Waals surface area contributed by atoms with Crippen molar-refractivity contribution in [2.45, 2.75) is 39.3 Å². The first-order valence-corrected chi connectivity index (χ1v) is 6.03. The van der Waals surface area contributed by atoms with E-state index >= 15 is 0 Å². The first-order valence-electron chi connectivity index (χ1n) is 6.03. The van der Waals surface area contributed by atoms with Crippen LogP contribution in [-0.2, 0) is 6.54 Å². The van der Waals surface area contributed by atoms with Crippen LogP contribution in [0.2, 0.25) is 0 Å². The average molecular weight is 239 g/mol. The van der Waals surface area contributed by atoms with Crippen LogP contribution >= 0.6 is 0 Å². The summed E-state index contributed by atoms with van der Waals surface area (Å²) in [5.74, 6) is -0.243. The monoisotopic (exact) mass is 239 g/mol. The SMILES string of the molecule is CC(C)(C)NCCCNCc1ccncc1F. The van der Waals surface area contributed by atoms with Gasteiger partial charge >= 0.3 is 0 Å². The molecule has 0 radical (unpaired) electrons. The van der Waals surface area contributed by atoms with Crippen LogP contribution in [0.1, 0.15) is 32.8 Å². The van der Waals surface area contributed by atoms with Crippen LogP contribution in [0.3, 0.4) is 0 Å². The van der Waals surface area contributed by atoms with E-state index in [0.717, 1.165) is 19.5 Å². The van der Waals surface area contributed by atoms with Crippen LogP contribution in [0.15, 0.2) is 18.5 Å². The summed E-state index contributed by atoms with van der Waals surface area (Å²) in [6.07, 6.45) is 3.89. The van der Waals surface area contributed by atoms with Crippen LogP contribution in [-0.4, -0.2) is 23.6 Å². The fourth-order valence-electron chi connectivity index (χ4n) is 1.45. The Morgan fingerprint density at radius 3 is 2.71 bits per heavy atom. The highest BCUT2D eigenvalue weighted by atomic mass is 19.1. The molecule has 0 saturated heterocycles. The molecule has 1 aromatic rings. The molecule has 0 aliphatic carbocycles. The van der Waals surface area contributed by atoms with Gasteiger partial charge in [0.2, 0.25) is 0 Å². The van der Waals surface area contributed by atoms with Gasteiger partial charge in [0.05, 0.1) is 6.20 Å². The van der Waals surface area contributed by atoms with Crippen LogP contribution in [0.4, 0.5) is 4.39 Å². The lowest BCUT2D eigenvalue weighted by molar-refractivity contribution is 0.418. The summed E-state index contributed by atoms with van der Waals surface area (Å²) in [6.45, 7) is 8.84. The van der Waals surface area contributed by atoms with Gasteiger partial charge in [-0.05, 0) is 46.3 Å². The van der Waals surface area contributed by atoms with Crippen LogP contribution in [0.5, 0.6) is 0 Å². The minimum atomic E-state index is -0.243. The van der Waals surface area contributed by atoms with E-state index in [4.69, 9.17) is 0 Å². The zero-order valence-electron chi connectivity index (χ0n) is 10.9. The Labute approximate surface area is 103 Å². The maximum atomic E-state index is 13.2. The van der Waals surface area contributed by atoms with Crippen molar-refractivity contribution in [3.8, 4) is 0 Å². The van der Waals surface area contributed by atoms with Crippen molar-refractivity contribution in [2.24, 2.45) is 0 Å². The highest BCUT2D eigenvalue weighted by Crippen LogP contribution is 2.03. The minimum Gasteiger partial charge on any atom is -0.313 e. The van der Waals surface area contributed by atoms with Gasteiger partial charge in [0.15, 0.2) is 0 Å². The van der Waals surface area contributed by atoms with E-state index in [0.29, 0.717) is 12.1 Å². The lowest BCUT2D eigenvalue weighted by Crippen LogP contribution is -2.37. The first kappa shape index (κ1) is 14.1. The van der Waals surface area contributed by atoms with E-state index in [9.17, 15) is 4.39 Å². The molecule has 1 aromatic heterocycles. The Morgan fingerprint density at radius 1 is 1.29 bits per heavy atom. The Bertz CT molecular complexity index is 334. The van der Waals surface area contributed by atoms with Crippen molar-refractivity contribution in [3.63, 3.8) is 0 Å². The van der Waals surface area contributed by atoms with E-state index in [2.05, 4.69) is 36.4 Å². The Morgan fingerprint density at radius 2 is 2.06 bits per heavy atom. The highest BCUT2D eigenvalue weighted by Gasteiger charge is 2.06.